The van der Waals surface area contributed by atoms with Gasteiger partial charge < -0.3 is 10.1 Å². The molecule has 0 atom stereocenters. The second-order valence-electron chi connectivity index (χ2n) is 5.87. The molecule has 146 valence electrons. The quantitative estimate of drug-likeness (QED) is 0.568. The van der Waals surface area contributed by atoms with Gasteiger partial charge in [0.2, 0.25) is 6.41 Å². The highest BCUT2D eigenvalue weighted by molar-refractivity contribution is 6.30. The van der Waals surface area contributed by atoms with Crippen LogP contribution in [0.2, 0.25) is 5.02 Å². The molecule has 0 fully saturated rings. The van der Waals surface area contributed by atoms with Crippen LogP contribution in [0.4, 0.5) is 19.0 Å². The second kappa shape index (κ2) is 8.45. The molecule has 0 saturated heterocycles. The van der Waals surface area contributed by atoms with Gasteiger partial charge in [0.25, 0.3) is 0 Å². The topological polar surface area (TPSA) is 56.1 Å². The molecular formula is C19H15ClF3N3O2. The number of benzene rings is 2. The largest absolute Gasteiger partial charge is 0.411 e. The number of anilines is 1. The molecule has 5 nitrogen and oxygen atoms in total. The molecule has 0 saturated carbocycles. The van der Waals surface area contributed by atoms with E-state index in [1.807, 2.05) is 0 Å². The van der Waals surface area contributed by atoms with E-state index in [2.05, 4.69) is 10.4 Å². The fraction of sp³-hybridized carbons (Fsp3) is 0.158. The molecule has 0 unspecified atom stereocenters. The molecule has 9 heteroatoms. The van der Waals surface area contributed by atoms with Gasteiger partial charge in [0, 0.05) is 16.7 Å². The Hall–Kier alpha value is -2.84. The normalized spacial score (nSPS) is 11.4. The van der Waals surface area contributed by atoms with Gasteiger partial charge in [0.1, 0.15) is 6.61 Å². The summed E-state index contributed by atoms with van der Waals surface area (Å²) in [7, 11) is 0. The molecule has 0 aliphatic carbocycles. The van der Waals surface area contributed by atoms with E-state index in [1.165, 1.54) is 0 Å². The Bertz CT molecular complexity index is 956. The van der Waals surface area contributed by atoms with Crippen molar-refractivity contribution in [1.82, 2.24) is 9.78 Å². The summed E-state index contributed by atoms with van der Waals surface area (Å²) in [5, 5.41) is 7.41. The van der Waals surface area contributed by atoms with Gasteiger partial charge in [-0.3, -0.25) is 4.79 Å². The Morgan fingerprint density at radius 3 is 2.57 bits per heavy atom. The second-order valence-corrected chi connectivity index (χ2v) is 6.31. The Morgan fingerprint density at radius 1 is 1.14 bits per heavy atom. The van der Waals surface area contributed by atoms with E-state index in [-0.39, 0.29) is 6.61 Å². The van der Waals surface area contributed by atoms with Crippen LogP contribution in [0.1, 0.15) is 5.56 Å². The van der Waals surface area contributed by atoms with Gasteiger partial charge >= 0.3 is 6.18 Å². The van der Waals surface area contributed by atoms with Crippen molar-refractivity contribution in [3.05, 3.63) is 65.2 Å². The Balaban J connectivity index is 1.92. The number of rotatable bonds is 7. The number of hydrogen-bond donors (Lipinski definition) is 1. The van der Waals surface area contributed by atoms with Gasteiger partial charge in [0.05, 0.1) is 18.0 Å². The van der Waals surface area contributed by atoms with E-state index in [1.54, 1.807) is 59.3 Å². The predicted molar refractivity (Wildman–Crippen MR) is 99.4 cm³/mol. The lowest BCUT2D eigenvalue weighted by Crippen LogP contribution is -2.16. The molecule has 0 radical (unpaired) electrons. The van der Waals surface area contributed by atoms with E-state index in [0.29, 0.717) is 39.8 Å². The number of alkyl halides is 3. The molecule has 3 rings (SSSR count). The molecule has 0 aliphatic rings. The van der Waals surface area contributed by atoms with Crippen molar-refractivity contribution in [2.24, 2.45) is 0 Å². The lowest BCUT2D eigenvalue weighted by atomic mass is 10.1. The molecular weight excluding hydrogens is 395 g/mol. The fourth-order valence-electron chi connectivity index (χ4n) is 2.60. The Labute approximate surface area is 163 Å². The van der Waals surface area contributed by atoms with Gasteiger partial charge in [-0.2, -0.15) is 13.2 Å². The third kappa shape index (κ3) is 5.11. The van der Waals surface area contributed by atoms with Crippen molar-refractivity contribution in [2.45, 2.75) is 12.8 Å². The molecule has 1 amide bonds. The zero-order valence-electron chi connectivity index (χ0n) is 14.4. The summed E-state index contributed by atoms with van der Waals surface area (Å²) in [6, 6.07) is 15.5. The predicted octanol–water partition coefficient (Wildman–Crippen LogP) is 4.84. The number of halogens is 4. The lowest BCUT2D eigenvalue weighted by Gasteiger charge is -2.10. The van der Waals surface area contributed by atoms with Crippen molar-refractivity contribution in [3.8, 4) is 16.9 Å². The molecule has 0 spiro atoms. The minimum atomic E-state index is -4.37. The van der Waals surface area contributed by atoms with Crippen LogP contribution in [0, 0.1) is 0 Å². The average Bonchev–Trinajstić information content (AvgIpc) is 3.06. The summed E-state index contributed by atoms with van der Waals surface area (Å²) in [6.45, 7) is -1.49. The smallest absolute Gasteiger partial charge is 0.367 e. The molecule has 3 aromatic rings. The summed E-state index contributed by atoms with van der Waals surface area (Å²) >= 11 is 5.93. The van der Waals surface area contributed by atoms with Crippen molar-refractivity contribution < 1.29 is 22.7 Å². The van der Waals surface area contributed by atoms with Gasteiger partial charge in [-0.15, -0.1) is 5.10 Å². The van der Waals surface area contributed by atoms with Crippen molar-refractivity contribution in [3.63, 3.8) is 0 Å². The molecule has 2 aromatic carbocycles. The molecule has 1 heterocycles. The summed E-state index contributed by atoms with van der Waals surface area (Å²) in [6.07, 6.45) is -3.86. The lowest BCUT2D eigenvalue weighted by molar-refractivity contribution is -0.176. The first-order valence-corrected chi connectivity index (χ1v) is 8.53. The van der Waals surface area contributed by atoms with Crippen LogP contribution in [0.15, 0.2) is 54.6 Å². The van der Waals surface area contributed by atoms with Crippen LogP contribution in [-0.2, 0) is 16.1 Å². The zero-order chi connectivity index (χ0) is 20.1. The van der Waals surface area contributed by atoms with E-state index < -0.39 is 12.8 Å². The maximum Gasteiger partial charge on any atom is 0.411 e. The van der Waals surface area contributed by atoms with Gasteiger partial charge in [-0.1, -0.05) is 29.8 Å². The SMILES string of the molecule is O=CNc1cc(-c2cccc(COCC(F)(F)F)c2)n(-c2ccc(Cl)cc2)n1. The molecule has 1 N–H and O–H groups in total. The van der Waals surface area contributed by atoms with E-state index in [4.69, 9.17) is 16.3 Å². The summed E-state index contributed by atoms with van der Waals surface area (Å²) in [5.74, 6) is 0.332. The number of nitrogens with one attached hydrogen (secondary N) is 1. The van der Waals surface area contributed by atoms with Crippen molar-refractivity contribution >= 4 is 23.8 Å². The summed E-state index contributed by atoms with van der Waals surface area (Å²) in [4.78, 5) is 10.8. The maximum absolute atomic E-state index is 12.3. The standard InChI is InChI=1S/C19H15ClF3N3O2/c20-15-4-6-16(7-5-15)26-17(9-18(25-26)24-12-27)14-3-1-2-13(8-14)10-28-11-19(21,22)23/h1-9,12H,10-11H2,(H,24,25,27). The van der Waals surface area contributed by atoms with E-state index in [0.717, 1.165) is 0 Å². The number of ether oxygens (including phenoxy) is 1. The number of nitrogens with zero attached hydrogens (tertiary/aromatic N) is 2. The highest BCUT2D eigenvalue weighted by Gasteiger charge is 2.27. The molecule has 0 aliphatic heterocycles. The van der Waals surface area contributed by atoms with Crippen LogP contribution in [0.3, 0.4) is 0 Å². The number of aromatic nitrogens is 2. The van der Waals surface area contributed by atoms with Gasteiger partial charge in [-0.05, 0) is 35.9 Å². The highest BCUT2D eigenvalue weighted by Crippen LogP contribution is 2.27. The van der Waals surface area contributed by atoms with Crippen molar-refractivity contribution in [2.75, 3.05) is 11.9 Å². The van der Waals surface area contributed by atoms with Gasteiger partial charge in [0.15, 0.2) is 5.82 Å². The summed E-state index contributed by atoms with van der Waals surface area (Å²) in [5.41, 5.74) is 2.63. The minimum Gasteiger partial charge on any atom is -0.367 e. The van der Waals surface area contributed by atoms with Crippen LogP contribution in [-0.4, -0.2) is 29.0 Å². The maximum atomic E-state index is 12.3. The number of amides is 1. The zero-order valence-corrected chi connectivity index (χ0v) is 15.2. The van der Waals surface area contributed by atoms with Crippen LogP contribution < -0.4 is 5.32 Å². The first kappa shape index (κ1) is 19.9. The van der Waals surface area contributed by atoms with Crippen molar-refractivity contribution in [1.29, 1.82) is 0 Å². The third-order valence-electron chi connectivity index (χ3n) is 3.74. The minimum absolute atomic E-state index is 0.179. The van der Waals surface area contributed by atoms with E-state index >= 15 is 0 Å². The first-order valence-electron chi connectivity index (χ1n) is 8.16. The molecule has 28 heavy (non-hydrogen) atoms. The number of carbonyl (C=O) groups excluding carboxylic acids is 1. The number of carbonyl (C=O) groups is 1. The van der Waals surface area contributed by atoms with Crippen LogP contribution in [0.25, 0.3) is 16.9 Å². The third-order valence-corrected chi connectivity index (χ3v) is 4.00. The molecule has 1 aromatic heterocycles. The fourth-order valence-corrected chi connectivity index (χ4v) is 2.73. The first-order chi connectivity index (χ1) is 13.4. The Kier molecular flexibility index (Phi) is 6.01. The van der Waals surface area contributed by atoms with Crippen LogP contribution in [0.5, 0.6) is 0 Å². The monoisotopic (exact) mass is 409 g/mol. The highest BCUT2D eigenvalue weighted by atomic mass is 35.5. The Morgan fingerprint density at radius 2 is 1.89 bits per heavy atom. The van der Waals surface area contributed by atoms with Crippen LogP contribution >= 0.6 is 11.6 Å². The molecule has 0 bridgehead atoms. The average molecular weight is 410 g/mol. The number of hydrogen-bond acceptors (Lipinski definition) is 3. The summed E-state index contributed by atoms with van der Waals surface area (Å²) < 4.78 is 43.1. The van der Waals surface area contributed by atoms with Gasteiger partial charge in [-0.25, -0.2) is 4.68 Å². The van der Waals surface area contributed by atoms with E-state index in [9.17, 15) is 18.0 Å².